The monoisotopic (exact) mass is 282 g/mol. The zero-order valence-corrected chi connectivity index (χ0v) is 12.2. The number of carbonyl (C=O) groups excluding carboxylic acids is 1. The summed E-state index contributed by atoms with van der Waals surface area (Å²) in [6.07, 6.45) is 1.35. The van der Waals surface area contributed by atoms with Crippen LogP contribution in [0.1, 0.15) is 40.0 Å². The van der Waals surface area contributed by atoms with E-state index in [1.807, 2.05) is 6.92 Å². The third-order valence-corrected chi connectivity index (χ3v) is 6.15. The highest BCUT2D eigenvalue weighted by atomic mass is 16.8. The van der Waals surface area contributed by atoms with Crippen molar-refractivity contribution in [2.24, 2.45) is 23.7 Å². The first-order valence-corrected chi connectivity index (χ1v) is 7.65. The molecule has 5 nitrogen and oxygen atoms in total. The lowest BCUT2D eigenvalue weighted by molar-refractivity contribution is -0.294. The number of hydrogen-bond donors (Lipinski definition) is 1. The number of rotatable bonds is 0. The van der Waals surface area contributed by atoms with Gasteiger partial charge in [0.25, 0.3) is 0 Å². The number of aliphatic hydroxyl groups is 1. The molecule has 0 aromatic rings. The Hall–Kier alpha value is -0.650. The molecule has 0 aromatic carbocycles. The van der Waals surface area contributed by atoms with Crippen molar-refractivity contribution in [2.75, 3.05) is 0 Å². The molecular weight excluding hydrogens is 260 g/mol. The third-order valence-electron chi connectivity index (χ3n) is 6.15. The Morgan fingerprint density at radius 2 is 2.00 bits per heavy atom. The van der Waals surface area contributed by atoms with Crippen molar-refractivity contribution in [3.63, 3.8) is 0 Å². The van der Waals surface area contributed by atoms with E-state index in [-0.39, 0.29) is 23.7 Å². The van der Waals surface area contributed by atoms with Gasteiger partial charge in [-0.25, -0.2) is 0 Å². The van der Waals surface area contributed by atoms with Gasteiger partial charge in [0, 0.05) is 5.92 Å². The zero-order valence-electron chi connectivity index (χ0n) is 12.2. The molecule has 1 spiro atoms. The molecule has 4 rings (SSSR count). The second-order valence-electron chi connectivity index (χ2n) is 7.17. The summed E-state index contributed by atoms with van der Waals surface area (Å²) in [6, 6.07) is 0. The summed E-state index contributed by atoms with van der Waals surface area (Å²) in [6.45, 7) is 5.88. The van der Waals surface area contributed by atoms with Crippen molar-refractivity contribution >= 4 is 5.97 Å². The van der Waals surface area contributed by atoms with Gasteiger partial charge in [-0.15, -0.1) is 0 Å². The van der Waals surface area contributed by atoms with E-state index in [0.717, 1.165) is 12.8 Å². The van der Waals surface area contributed by atoms with Crippen molar-refractivity contribution in [2.45, 2.75) is 63.8 Å². The molecule has 4 aliphatic rings. The van der Waals surface area contributed by atoms with Crippen LogP contribution in [0.3, 0.4) is 0 Å². The van der Waals surface area contributed by atoms with Crippen LogP contribution in [-0.2, 0) is 19.0 Å². The van der Waals surface area contributed by atoms with Crippen molar-refractivity contribution < 1.29 is 24.1 Å². The van der Waals surface area contributed by atoms with Crippen LogP contribution in [-0.4, -0.2) is 34.9 Å². The minimum atomic E-state index is -1.04. The van der Waals surface area contributed by atoms with Gasteiger partial charge in [0.15, 0.2) is 5.79 Å². The average Bonchev–Trinajstić information content (AvgIpc) is 2.64. The van der Waals surface area contributed by atoms with E-state index in [4.69, 9.17) is 14.2 Å². The van der Waals surface area contributed by atoms with Crippen LogP contribution in [0.4, 0.5) is 0 Å². The van der Waals surface area contributed by atoms with Gasteiger partial charge in [0.2, 0.25) is 6.29 Å². The Labute approximate surface area is 118 Å². The fraction of sp³-hybridized carbons (Fsp3) is 0.933. The summed E-state index contributed by atoms with van der Waals surface area (Å²) < 4.78 is 17.7. The second-order valence-corrected chi connectivity index (χ2v) is 7.17. The van der Waals surface area contributed by atoms with Gasteiger partial charge in [-0.1, -0.05) is 13.8 Å². The number of aliphatic hydroxyl groups excluding tert-OH is 1. The SMILES string of the molecule is C[C@@H]1CC[C@H]2[C@@H](C)C(=O)O[C@@H]3O[C@@]4(C)O[C@@]32C1C[C@H]4O. The lowest BCUT2D eigenvalue weighted by Crippen LogP contribution is -2.66. The Bertz CT molecular complexity index is 465. The molecule has 1 N–H and O–H groups in total. The van der Waals surface area contributed by atoms with E-state index in [2.05, 4.69) is 6.92 Å². The molecule has 0 amide bonds. The molecule has 3 aliphatic heterocycles. The van der Waals surface area contributed by atoms with E-state index in [1.165, 1.54) is 0 Å². The fourth-order valence-electron chi connectivity index (χ4n) is 4.97. The minimum absolute atomic E-state index is 0.129. The second kappa shape index (κ2) is 3.76. The smallest absolute Gasteiger partial charge is 0.311 e. The van der Waals surface area contributed by atoms with Gasteiger partial charge in [-0.2, -0.15) is 0 Å². The molecule has 1 saturated carbocycles. The largest absolute Gasteiger partial charge is 0.432 e. The molecule has 3 saturated heterocycles. The van der Waals surface area contributed by atoms with Crippen LogP contribution in [0.25, 0.3) is 0 Å². The molecule has 1 aliphatic carbocycles. The quantitative estimate of drug-likeness (QED) is 0.681. The van der Waals surface area contributed by atoms with Crippen LogP contribution in [0, 0.1) is 23.7 Å². The maximum atomic E-state index is 12.1. The molecule has 1 unspecified atom stereocenters. The fourth-order valence-corrected chi connectivity index (χ4v) is 4.97. The summed E-state index contributed by atoms with van der Waals surface area (Å²) in [5.74, 6) is -0.646. The van der Waals surface area contributed by atoms with Crippen LogP contribution in [0.2, 0.25) is 0 Å². The van der Waals surface area contributed by atoms with E-state index < -0.39 is 23.8 Å². The number of hydrogen-bond acceptors (Lipinski definition) is 5. The Balaban J connectivity index is 1.85. The Morgan fingerprint density at radius 3 is 2.75 bits per heavy atom. The van der Waals surface area contributed by atoms with Crippen LogP contribution in [0.15, 0.2) is 0 Å². The van der Waals surface area contributed by atoms with Gasteiger partial charge in [0.1, 0.15) is 11.7 Å². The summed E-state index contributed by atoms with van der Waals surface area (Å²) in [5.41, 5.74) is -0.557. The first kappa shape index (κ1) is 13.0. The van der Waals surface area contributed by atoms with Crippen LogP contribution in [0.5, 0.6) is 0 Å². The number of esters is 1. The first-order chi connectivity index (χ1) is 9.38. The number of ether oxygens (including phenoxy) is 3. The molecule has 3 heterocycles. The maximum Gasteiger partial charge on any atom is 0.311 e. The first-order valence-electron chi connectivity index (χ1n) is 7.65. The highest BCUT2D eigenvalue weighted by molar-refractivity contribution is 5.74. The molecule has 20 heavy (non-hydrogen) atoms. The van der Waals surface area contributed by atoms with E-state index >= 15 is 0 Å². The molecule has 5 heteroatoms. The van der Waals surface area contributed by atoms with E-state index in [0.29, 0.717) is 12.3 Å². The van der Waals surface area contributed by atoms with Gasteiger partial charge in [-0.3, -0.25) is 4.79 Å². The van der Waals surface area contributed by atoms with E-state index in [1.54, 1.807) is 6.92 Å². The molecule has 4 fully saturated rings. The van der Waals surface area contributed by atoms with Gasteiger partial charge >= 0.3 is 5.97 Å². The van der Waals surface area contributed by atoms with Crippen molar-refractivity contribution in [1.82, 2.24) is 0 Å². The predicted octanol–water partition coefficient (Wildman–Crippen LogP) is 1.43. The molecule has 112 valence electrons. The maximum absolute atomic E-state index is 12.1. The normalized spacial score (nSPS) is 60.9. The van der Waals surface area contributed by atoms with Crippen molar-refractivity contribution in [3.8, 4) is 0 Å². The number of carbonyl (C=O) groups is 1. The van der Waals surface area contributed by atoms with Crippen molar-refractivity contribution in [1.29, 1.82) is 0 Å². The summed E-state index contributed by atoms with van der Waals surface area (Å²) in [5, 5.41) is 10.4. The van der Waals surface area contributed by atoms with Gasteiger partial charge in [0.05, 0.1) is 5.92 Å². The van der Waals surface area contributed by atoms with Gasteiger partial charge < -0.3 is 19.3 Å². The van der Waals surface area contributed by atoms with Crippen LogP contribution >= 0.6 is 0 Å². The molecule has 8 atom stereocenters. The molecule has 0 aromatic heterocycles. The summed E-state index contributed by atoms with van der Waals surface area (Å²) in [7, 11) is 0. The lowest BCUT2D eigenvalue weighted by atomic mass is 9.57. The van der Waals surface area contributed by atoms with E-state index in [9.17, 15) is 9.90 Å². The predicted molar refractivity (Wildman–Crippen MR) is 68.4 cm³/mol. The standard InChI is InChI=1S/C15H22O5/c1-7-4-5-9-8(2)12(17)18-13-15(9)10(7)6-11(16)14(3,19-13)20-15/h7-11,13,16H,4-6H2,1-3H3/t7-,8-,9+,10?,11-,13-,14+,15+/m1/s1. The van der Waals surface area contributed by atoms with Crippen molar-refractivity contribution in [3.05, 3.63) is 0 Å². The Morgan fingerprint density at radius 1 is 1.25 bits per heavy atom. The van der Waals surface area contributed by atoms with Crippen LogP contribution < -0.4 is 0 Å². The molecule has 0 radical (unpaired) electrons. The highest BCUT2D eigenvalue weighted by Gasteiger charge is 2.74. The number of fused-ring (bicyclic) bond motifs is 1. The highest BCUT2D eigenvalue weighted by Crippen LogP contribution is 2.62. The average molecular weight is 282 g/mol. The lowest BCUT2D eigenvalue weighted by Gasteiger charge is -2.56. The zero-order chi connectivity index (χ0) is 14.3. The Kier molecular flexibility index (Phi) is 2.45. The molecular formula is C15H22O5. The third kappa shape index (κ3) is 1.32. The van der Waals surface area contributed by atoms with Gasteiger partial charge in [-0.05, 0) is 38.0 Å². The topological polar surface area (TPSA) is 65.0 Å². The summed E-state index contributed by atoms with van der Waals surface area (Å²) >= 11 is 0. The minimum Gasteiger partial charge on any atom is -0.432 e. The summed E-state index contributed by atoms with van der Waals surface area (Å²) in [4.78, 5) is 12.1. The molecule has 2 bridgehead atoms.